The summed E-state index contributed by atoms with van der Waals surface area (Å²) in [6, 6.07) is 3.06. The van der Waals surface area contributed by atoms with Gasteiger partial charge < -0.3 is 16.2 Å². The second kappa shape index (κ2) is 4.94. The first-order valence-corrected chi connectivity index (χ1v) is 5.19. The fraction of sp³-hybridized carbons (Fsp3) is 0.455. The molecule has 0 aliphatic carbocycles. The third-order valence-electron chi connectivity index (χ3n) is 2.80. The molecule has 0 radical (unpaired) electrons. The molecule has 0 spiro atoms. The monoisotopic (exact) mass is 223 g/mol. The molecule has 1 rings (SSSR count). The standard InChI is InChI=1S/C11H17N3O2/c1-3-11(2,7-12)10(16)14-9-8(15)5-4-6-13-9/h4-6,15H,3,7,12H2,1-2H3,(H,13,14,16). The van der Waals surface area contributed by atoms with E-state index >= 15 is 0 Å². The predicted molar refractivity (Wildman–Crippen MR) is 62.0 cm³/mol. The van der Waals surface area contributed by atoms with Gasteiger partial charge in [-0.1, -0.05) is 6.92 Å². The molecule has 4 N–H and O–H groups in total. The van der Waals surface area contributed by atoms with Gasteiger partial charge in [-0.15, -0.1) is 0 Å². The highest BCUT2D eigenvalue weighted by atomic mass is 16.3. The van der Waals surface area contributed by atoms with Crippen molar-refractivity contribution in [3.05, 3.63) is 18.3 Å². The molecular formula is C11H17N3O2. The summed E-state index contributed by atoms with van der Waals surface area (Å²) in [7, 11) is 0. The molecule has 5 heteroatoms. The van der Waals surface area contributed by atoms with Crippen LogP contribution in [0.25, 0.3) is 0 Å². The second-order valence-corrected chi connectivity index (χ2v) is 3.94. The van der Waals surface area contributed by atoms with Crippen LogP contribution in [0.2, 0.25) is 0 Å². The van der Waals surface area contributed by atoms with Crippen molar-refractivity contribution in [3.8, 4) is 5.75 Å². The molecule has 5 nitrogen and oxygen atoms in total. The summed E-state index contributed by atoms with van der Waals surface area (Å²) in [5, 5.41) is 12.0. The Hall–Kier alpha value is -1.62. The van der Waals surface area contributed by atoms with Crippen LogP contribution >= 0.6 is 0 Å². The van der Waals surface area contributed by atoms with Crippen LogP contribution in [0.3, 0.4) is 0 Å². The van der Waals surface area contributed by atoms with Crippen LogP contribution in [0.5, 0.6) is 5.75 Å². The number of nitrogens with one attached hydrogen (secondary N) is 1. The molecule has 88 valence electrons. The van der Waals surface area contributed by atoms with Crippen molar-refractivity contribution in [3.63, 3.8) is 0 Å². The van der Waals surface area contributed by atoms with Gasteiger partial charge in [0, 0.05) is 12.7 Å². The van der Waals surface area contributed by atoms with Crippen molar-refractivity contribution in [1.82, 2.24) is 4.98 Å². The van der Waals surface area contributed by atoms with Crippen molar-refractivity contribution in [2.24, 2.45) is 11.1 Å². The Balaban J connectivity index is 2.83. The molecule has 0 fully saturated rings. The van der Waals surface area contributed by atoms with E-state index in [1.165, 1.54) is 12.3 Å². The third kappa shape index (κ3) is 2.49. The van der Waals surface area contributed by atoms with E-state index in [4.69, 9.17) is 5.73 Å². The van der Waals surface area contributed by atoms with Crippen LogP contribution in [0.15, 0.2) is 18.3 Å². The molecule has 0 aromatic carbocycles. The lowest BCUT2D eigenvalue weighted by atomic mass is 9.87. The minimum atomic E-state index is -0.635. The molecule has 1 unspecified atom stereocenters. The molecule has 0 saturated heterocycles. The second-order valence-electron chi connectivity index (χ2n) is 3.94. The Labute approximate surface area is 94.7 Å². The van der Waals surface area contributed by atoms with Crippen LogP contribution in [-0.2, 0) is 4.79 Å². The summed E-state index contributed by atoms with van der Waals surface area (Å²) >= 11 is 0. The summed E-state index contributed by atoms with van der Waals surface area (Å²) in [6.07, 6.45) is 2.13. The first-order chi connectivity index (χ1) is 7.53. The molecule has 0 aliphatic heterocycles. The van der Waals surface area contributed by atoms with Gasteiger partial charge in [-0.3, -0.25) is 4.79 Å². The van der Waals surface area contributed by atoms with Crippen molar-refractivity contribution in [1.29, 1.82) is 0 Å². The minimum Gasteiger partial charge on any atom is -0.504 e. The van der Waals surface area contributed by atoms with Crippen molar-refractivity contribution < 1.29 is 9.90 Å². The van der Waals surface area contributed by atoms with Gasteiger partial charge in [0.25, 0.3) is 0 Å². The maximum Gasteiger partial charge on any atom is 0.232 e. The smallest absolute Gasteiger partial charge is 0.232 e. The Morgan fingerprint density at radius 1 is 1.69 bits per heavy atom. The van der Waals surface area contributed by atoms with Gasteiger partial charge in [-0.25, -0.2) is 4.98 Å². The number of carbonyl (C=O) groups excluding carboxylic acids is 1. The average molecular weight is 223 g/mol. The largest absolute Gasteiger partial charge is 0.504 e. The summed E-state index contributed by atoms with van der Waals surface area (Å²) in [5.74, 6) is -0.113. The van der Waals surface area contributed by atoms with Gasteiger partial charge in [-0.05, 0) is 25.5 Å². The normalized spacial score (nSPS) is 14.2. The highest BCUT2D eigenvalue weighted by molar-refractivity contribution is 5.95. The molecule has 1 atom stereocenters. The highest BCUT2D eigenvalue weighted by Gasteiger charge is 2.30. The van der Waals surface area contributed by atoms with Gasteiger partial charge in [-0.2, -0.15) is 0 Å². The van der Waals surface area contributed by atoms with Gasteiger partial charge in [0.1, 0.15) is 0 Å². The lowest BCUT2D eigenvalue weighted by molar-refractivity contribution is -0.124. The zero-order valence-corrected chi connectivity index (χ0v) is 9.53. The molecule has 0 aliphatic rings. The summed E-state index contributed by atoms with van der Waals surface area (Å²) in [6.45, 7) is 3.93. The van der Waals surface area contributed by atoms with Crippen molar-refractivity contribution in [2.75, 3.05) is 11.9 Å². The van der Waals surface area contributed by atoms with Crippen molar-refractivity contribution in [2.45, 2.75) is 20.3 Å². The maximum absolute atomic E-state index is 11.9. The Bertz CT molecular complexity index is 375. The minimum absolute atomic E-state index is 0.0497. The van der Waals surface area contributed by atoms with E-state index in [-0.39, 0.29) is 24.0 Å². The van der Waals surface area contributed by atoms with Gasteiger partial charge >= 0.3 is 0 Å². The van der Waals surface area contributed by atoms with Crippen LogP contribution in [-0.4, -0.2) is 22.5 Å². The molecule has 0 bridgehead atoms. The number of amides is 1. The maximum atomic E-state index is 11.9. The Morgan fingerprint density at radius 2 is 2.38 bits per heavy atom. The number of carbonyl (C=O) groups is 1. The molecule has 1 heterocycles. The zero-order valence-electron chi connectivity index (χ0n) is 9.53. The van der Waals surface area contributed by atoms with Crippen molar-refractivity contribution >= 4 is 11.7 Å². The van der Waals surface area contributed by atoms with Crippen LogP contribution < -0.4 is 11.1 Å². The van der Waals surface area contributed by atoms with E-state index in [0.717, 1.165) is 0 Å². The Kier molecular flexibility index (Phi) is 3.84. The summed E-state index contributed by atoms with van der Waals surface area (Å²) in [5.41, 5.74) is 4.93. The molecular weight excluding hydrogens is 206 g/mol. The topological polar surface area (TPSA) is 88.2 Å². The lowest BCUT2D eigenvalue weighted by Crippen LogP contribution is -2.39. The lowest BCUT2D eigenvalue weighted by Gasteiger charge is -2.24. The molecule has 1 aromatic heterocycles. The summed E-state index contributed by atoms with van der Waals surface area (Å²) < 4.78 is 0. The van der Waals surface area contributed by atoms with Gasteiger partial charge in [0.2, 0.25) is 5.91 Å². The van der Waals surface area contributed by atoms with E-state index in [1.807, 2.05) is 6.92 Å². The molecule has 16 heavy (non-hydrogen) atoms. The first-order valence-electron chi connectivity index (χ1n) is 5.19. The van der Waals surface area contributed by atoms with Gasteiger partial charge in [0.15, 0.2) is 11.6 Å². The fourth-order valence-electron chi connectivity index (χ4n) is 1.15. The van der Waals surface area contributed by atoms with E-state index < -0.39 is 5.41 Å². The highest BCUT2D eigenvalue weighted by Crippen LogP contribution is 2.24. The quantitative estimate of drug-likeness (QED) is 0.713. The number of hydrogen-bond acceptors (Lipinski definition) is 4. The molecule has 0 saturated carbocycles. The first kappa shape index (κ1) is 12.4. The number of anilines is 1. The van der Waals surface area contributed by atoms with Gasteiger partial charge in [0.05, 0.1) is 5.41 Å². The fourth-order valence-corrected chi connectivity index (χ4v) is 1.15. The SMILES string of the molecule is CCC(C)(CN)C(=O)Nc1ncccc1O. The number of pyridine rings is 1. The third-order valence-corrected chi connectivity index (χ3v) is 2.80. The molecule has 1 aromatic rings. The predicted octanol–water partition coefficient (Wildman–Crippen LogP) is 1.10. The van der Waals surface area contributed by atoms with E-state index in [9.17, 15) is 9.90 Å². The number of aromatic nitrogens is 1. The van der Waals surface area contributed by atoms with E-state index in [0.29, 0.717) is 6.42 Å². The number of rotatable bonds is 4. The zero-order chi connectivity index (χ0) is 12.2. The van der Waals surface area contributed by atoms with E-state index in [1.54, 1.807) is 13.0 Å². The number of hydrogen-bond donors (Lipinski definition) is 3. The average Bonchev–Trinajstić information content (AvgIpc) is 2.31. The van der Waals surface area contributed by atoms with Crippen LogP contribution in [0, 0.1) is 5.41 Å². The number of aromatic hydroxyl groups is 1. The van der Waals surface area contributed by atoms with Crippen LogP contribution in [0.1, 0.15) is 20.3 Å². The number of nitrogens with two attached hydrogens (primary N) is 1. The number of nitrogens with zero attached hydrogens (tertiary/aromatic N) is 1. The van der Waals surface area contributed by atoms with E-state index in [2.05, 4.69) is 10.3 Å². The van der Waals surface area contributed by atoms with Crippen LogP contribution in [0.4, 0.5) is 5.82 Å². The Morgan fingerprint density at radius 3 is 2.88 bits per heavy atom. The summed E-state index contributed by atoms with van der Waals surface area (Å²) in [4.78, 5) is 15.8. The molecule has 1 amide bonds.